The van der Waals surface area contributed by atoms with Crippen LogP contribution in [0.5, 0.6) is 0 Å². The van der Waals surface area contributed by atoms with Gasteiger partial charge in [-0.15, -0.1) is 11.3 Å². The molecule has 15 heavy (non-hydrogen) atoms. The van der Waals surface area contributed by atoms with Crippen LogP contribution in [0, 0.1) is 11.6 Å². The maximum atomic E-state index is 13.5. The summed E-state index contributed by atoms with van der Waals surface area (Å²) in [6.07, 6.45) is 0. The Balaban J connectivity index is 2.64. The molecule has 0 fully saturated rings. The van der Waals surface area contributed by atoms with Gasteiger partial charge < -0.3 is 5.73 Å². The van der Waals surface area contributed by atoms with Crippen molar-refractivity contribution in [1.29, 1.82) is 0 Å². The molecule has 0 saturated carbocycles. The van der Waals surface area contributed by atoms with E-state index in [4.69, 9.17) is 17.3 Å². The molecule has 1 aromatic carbocycles. The average Bonchev–Trinajstić information content (AvgIpc) is 2.58. The van der Waals surface area contributed by atoms with Gasteiger partial charge in [-0.1, -0.05) is 11.6 Å². The van der Waals surface area contributed by atoms with Crippen LogP contribution in [-0.2, 0) is 0 Å². The van der Waals surface area contributed by atoms with Crippen molar-refractivity contribution in [3.8, 4) is 10.4 Å². The van der Waals surface area contributed by atoms with Gasteiger partial charge in [0.15, 0.2) is 0 Å². The van der Waals surface area contributed by atoms with Crippen molar-refractivity contribution in [3.05, 3.63) is 40.2 Å². The van der Waals surface area contributed by atoms with Gasteiger partial charge in [0.2, 0.25) is 0 Å². The number of thiophene rings is 1. The minimum Gasteiger partial charge on any atom is -0.396 e. The van der Waals surface area contributed by atoms with Gasteiger partial charge in [-0.3, -0.25) is 0 Å². The van der Waals surface area contributed by atoms with Crippen LogP contribution in [0.1, 0.15) is 0 Å². The first-order valence-electron chi connectivity index (χ1n) is 4.07. The van der Waals surface area contributed by atoms with E-state index in [2.05, 4.69) is 0 Å². The molecule has 0 atom stereocenters. The summed E-state index contributed by atoms with van der Waals surface area (Å²) in [5, 5.41) is 2.12. The highest BCUT2D eigenvalue weighted by molar-refractivity contribution is 7.14. The number of benzene rings is 1. The summed E-state index contributed by atoms with van der Waals surface area (Å²) in [6.45, 7) is 0. The summed E-state index contributed by atoms with van der Waals surface area (Å²) in [7, 11) is 0. The number of halogens is 3. The Bertz CT molecular complexity index is 510. The maximum absolute atomic E-state index is 13.5. The van der Waals surface area contributed by atoms with E-state index in [-0.39, 0.29) is 11.3 Å². The Morgan fingerprint density at radius 1 is 1.20 bits per heavy atom. The summed E-state index contributed by atoms with van der Waals surface area (Å²) in [5.74, 6) is -1.21. The molecule has 0 aliphatic carbocycles. The zero-order chi connectivity index (χ0) is 11.0. The van der Waals surface area contributed by atoms with Gasteiger partial charge in [-0.05, 0) is 17.5 Å². The Kier molecular flexibility index (Phi) is 2.63. The molecule has 2 rings (SSSR count). The number of hydrogen-bond donors (Lipinski definition) is 1. The van der Waals surface area contributed by atoms with Crippen LogP contribution < -0.4 is 5.73 Å². The Hall–Kier alpha value is -1.13. The molecular weight excluding hydrogens is 240 g/mol. The fourth-order valence-electron chi connectivity index (χ4n) is 1.22. The van der Waals surface area contributed by atoms with Gasteiger partial charge in [0, 0.05) is 11.6 Å². The predicted molar refractivity (Wildman–Crippen MR) is 59.1 cm³/mol. The molecule has 1 aromatic heterocycles. The number of anilines is 1. The largest absolute Gasteiger partial charge is 0.396 e. The molecule has 0 unspecified atom stereocenters. The fourth-order valence-corrected chi connectivity index (χ4v) is 2.40. The monoisotopic (exact) mass is 245 g/mol. The molecule has 78 valence electrons. The SMILES string of the molecule is Nc1cc(F)c(-c2sccc2Cl)cc1F. The highest BCUT2D eigenvalue weighted by Gasteiger charge is 2.13. The zero-order valence-corrected chi connectivity index (χ0v) is 9.00. The van der Waals surface area contributed by atoms with Gasteiger partial charge in [0.25, 0.3) is 0 Å². The standard InChI is InChI=1S/C10H6ClF2NS/c11-6-1-2-15-10(6)5-3-8(13)9(14)4-7(5)12/h1-4H,14H2. The first-order chi connectivity index (χ1) is 7.09. The van der Waals surface area contributed by atoms with Crippen molar-refractivity contribution in [3.63, 3.8) is 0 Å². The van der Waals surface area contributed by atoms with E-state index in [0.29, 0.717) is 9.90 Å². The summed E-state index contributed by atoms with van der Waals surface area (Å²) >= 11 is 7.08. The number of nitrogen functional groups attached to an aromatic ring is 1. The maximum Gasteiger partial charge on any atom is 0.146 e. The quantitative estimate of drug-likeness (QED) is 0.757. The summed E-state index contributed by atoms with van der Waals surface area (Å²) in [4.78, 5) is 0.507. The highest BCUT2D eigenvalue weighted by Crippen LogP contribution is 2.36. The molecule has 1 heterocycles. The Morgan fingerprint density at radius 2 is 1.93 bits per heavy atom. The van der Waals surface area contributed by atoms with E-state index in [1.165, 1.54) is 11.3 Å². The third-order valence-corrected chi connectivity index (χ3v) is 3.32. The van der Waals surface area contributed by atoms with Crippen molar-refractivity contribution >= 4 is 28.6 Å². The molecule has 0 radical (unpaired) electrons. The predicted octanol–water partition coefficient (Wildman–Crippen LogP) is 3.93. The second kappa shape index (κ2) is 3.79. The lowest BCUT2D eigenvalue weighted by Crippen LogP contribution is -1.93. The molecule has 1 nitrogen and oxygen atoms in total. The summed E-state index contributed by atoms with van der Waals surface area (Å²) in [5.41, 5.74) is 5.17. The highest BCUT2D eigenvalue weighted by atomic mass is 35.5. The minimum absolute atomic E-state index is 0.140. The third kappa shape index (κ3) is 1.82. The molecule has 0 bridgehead atoms. The fraction of sp³-hybridized carbons (Fsp3) is 0. The molecule has 5 heteroatoms. The number of nitrogens with two attached hydrogens (primary N) is 1. The first kappa shape index (κ1) is 10.4. The molecule has 2 aromatic rings. The third-order valence-electron chi connectivity index (χ3n) is 1.95. The Labute approximate surface area is 94.1 Å². The topological polar surface area (TPSA) is 26.0 Å². The second-order valence-corrected chi connectivity index (χ2v) is 4.27. The summed E-state index contributed by atoms with van der Waals surface area (Å²) in [6, 6.07) is 3.65. The van der Waals surface area contributed by atoms with Crippen molar-refractivity contribution < 1.29 is 8.78 Å². The van der Waals surface area contributed by atoms with Crippen LogP contribution in [-0.4, -0.2) is 0 Å². The van der Waals surface area contributed by atoms with Crippen LogP contribution in [0.4, 0.5) is 14.5 Å². The molecule has 0 amide bonds. The van der Waals surface area contributed by atoms with Crippen LogP contribution in [0.3, 0.4) is 0 Å². The zero-order valence-electron chi connectivity index (χ0n) is 7.43. The average molecular weight is 246 g/mol. The number of rotatable bonds is 1. The van der Waals surface area contributed by atoms with Gasteiger partial charge in [0.05, 0.1) is 15.6 Å². The van der Waals surface area contributed by atoms with Crippen LogP contribution in [0.15, 0.2) is 23.6 Å². The van der Waals surface area contributed by atoms with Gasteiger partial charge in [-0.2, -0.15) is 0 Å². The summed E-state index contributed by atoms with van der Waals surface area (Å²) < 4.78 is 26.6. The van der Waals surface area contributed by atoms with Crippen molar-refractivity contribution in [1.82, 2.24) is 0 Å². The van der Waals surface area contributed by atoms with E-state index >= 15 is 0 Å². The van der Waals surface area contributed by atoms with Crippen LogP contribution in [0.2, 0.25) is 5.02 Å². The lowest BCUT2D eigenvalue weighted by atomic mass is 10.1. The second-order valence-electron chi connectivity index (χ2n) is 2.95. The normalized spacial score (nSPS) is 10.6. The van der Waals surface area contributed by atoms with Crippen LogP contribution in [0.25, 0.3) is 10.4 Å². The lowest BCUT2D eigenvalue weighted by Gasteiger charge is -2.03. The van der Waals surface area contributed by atoms with E-state index < -0.39 is 11.6 Å². The van der Waals surface area contributed by atoms with Gasteiger partial charge >= 0.3 is 0 Å². The molecular formula is C10H6ClF2NS. The van der Waals surface area contributed by atoms with Crippen LogP contribution >= 0.6 is 22.9 Å². The Morgan fingerprint density at radius 3 is 2.53 bits per heavy atom. The molecule has 0 aliphatic heterocycles. The van der Waals surface area contributed by atoms with Gasteiger partial charge in [-0.25, -0.2) is 8.78 Å². The van der Waals surface area contributed by atoms with Crippen molar-refractivity contribution in [2.24, 2.45) is 0 Å². The smallest absolute Gasteiger partial charge is 0.146 e. The minimum atomic E-state index is -0.643. The van der Waals surface area contributed by atoms with E-state index in [0.717, 1.165) is 12.1 Å². The molecule has 0 aliphatic rings. The molecule has 0 saturated heterocycles. The van der Waals surface area contributed by atoms with Gasteiger partial charge in [0.1, 0.15) is 11.6 Å². The van der Waals surface area contributed by atoms with Crippen molar-refractivity contribution in [2.45, 2.75) is 0 Å². The molecule has 0 spiro atoms. The lowest BCUT2D eigenvalue weighted by molar-refractivity contribution is 0.607. The van der Waals surface area contributed by atoms with Crippen molar-refractivity contribution in [2.75, 3.05) is 5.73 Å². The molecule has 2 N–H and O–H groups in total. The van der Waals surface area contributed by atoms with E-state index in [1.54, 1.807) is 11.4 Å². The van der Waals surface area contributed by atoms with E-state index in [1.807, 2.05) is 0 Å². The number of hydrogen-bond acceptors (Lipinski definition) is 2. The van der Waals surface area contributed by atoms with E-state index in [9.17, 15) is 8.78 Å². The first-order valence-corrected chi connectivity index (χ1v) is 5.33.